The highest BCUT2D eigenvalue weighted by molar-refractivity contribution is 5.85. The lowest BCUT2D eigenvalue weighted by molar-refractivity contribution is -0.153. The fourth-order valence-corrected chi connectivity index (χ4v) is 4.29. The summed E-state index contributed by atoms with van der Waals surface area (Å²) < 4.78 is 39.2. The van der Waals surface area contributed by atoms with Crippen LogP contribution in [0.25, 0.3) is 0 Å². The summed E-state index contributed by atoms with van der Waals surface area (Å²) in [7, 11) is 0. The van der Waals surface area contributed by atoms with Gasteiger partial charge in [0.05, 0.1) is 12.5 Å². The fourth-order valence-electron chi connectivity index (χ4n) is 4.29. The lowest BCUT2D eigenvalue weighted by Gasteiger charge is -2.33. The Morgan fingerprint density at radius 3 is 2.13 bits per heavy atom. The van der Waals surface area contributed by atoms with Gasteiger partial charge in [-0.25, -0.2) is 13.6 Å². The lowest BCUT2D eigenvalue weighted by Crippen LogP contribution is -2.41. The summed E-state index contributed by atoms with van der Waals surface area (Å²) in [5.74, 6) is -4.86. The molecule has 1 aliphatic carbocycles. The molecule has 166 valence electrons. The molecule has 1 aromatic rings. The Bertz CT molecular complexity index is 794. The zero-order chi connectivity index (χ0) is 22.3. The van der Waals surface area contributed by atoms with Crippen LogP contribution in [0.5, 0.6) is 0 Å². The molecular formula is C23H31F2NO4. The highest BCUT2D eigenvalue weighted by Crippen LogP contribution is 2.71. The quantitative estimate of drug-likeness (QED) is 0.632. The van der Waals surface area contributed by atoms with Gasteiger partial charge < -0.3 is 14.4 Å². The maximum Gasteiger partial charge on any atom is 0.410 e. The van der Waals surface area contributed by atoms with E-state index in [1.165, 1.54) is 6.92 Å². The second-order valence-electron chi connectivity index (χ2n) is 9.39. The molecule has 0 bridgehead atoms. The summed E-state index contributed by atoms with van der Waals surface area (Å²) >= 11 is 0. The molecule has 1 heterocycles. The number of esters is 1. The van der Waals surface area contributed by atoms with Gasteiger partial charge in [-0.1, -0.05) is 24.3 Å². The second-order valence-corrected chi connectivity index (χ2v) is 9.39. The van der Waals surface area contributed by atoms with E-state index in [2.05, 4.69) is 0 Å². The molecule has 2 fully saturated rings. The molecule has 0 spiro atoms. The molecule has 0 aromatic heterocycles. The van der Waals surface area contributed by atoms with Gasteiger partial charge in [0.2, 0.25) is 0 Å². The number of alkyl halides is 2. The topological polar surface area (TPSA) is 55.8 Å². The standard InChI is InChI=1S/C23H31F2NO4/c1-6-29-19(27)22(5)18(23(22,24)25)17-9-7-15(8-10-17)16-11-13-26(14-12-16)20(28)30-21(2,3)4/h7-10,16,18H,6,11-14H2,1-5H3/t18-,22+/m1/s1. The lowest BCUT2D eigenvalue weighted by atomic mass is 9.88. The van der Waals surface area contributed by atoms with Crippen molar-refractivity contribution in [3.05, 3.63) is 35.4 Å². The first-order chi connectivity index (χ1) is 13.9. The first-order valence-corrected chi connectivity index (χ1v) is 10.5. The van der Waals surface area contributed by atoms with Gasteiger partial charge in [-0.2, -0.15) is 0 Å². The molecule has 1 aliphatic heterocycles. The maximum atomic E-state index is 14.4. The van der Waals surface area contributed by atoms with Crippen LogP contribution in [0.15, 0.2) is 24.3 Å². The number of carbonyl (C=O) groups is 2. The number of ether oxygens (including phenoxy) is 2. The van der Waals surface area contributed by atoms with Crippen molar-refractivity contribution in [1.29, 1.82) is 0 Å². The van der Waals surface area contributed by atoms with Crippen molar-refractivity contribution < 1.29 is 27.8 Å². The second kappa shape index (κ2) is 7.82. The minimum absolute atomic E-state index is 0.0815. The Hall–Kier alpha value is -2.18. The first-order valence-electron chi connectivity index (χ1n) is 10.5. The van der Waals surface area contributed by atoms with Crippen molar-refractivity contribution in [2.75, 3.05) is 19.7 Å². The Morgan fingerprint density at radius 1 is 1.10 bits per heavy atom. The fraction of sp³-hybridized carbons (Fsp3) is 0.652. The molecule has 30 heavy (non-hydrogen) atoms. The third-order valence-electron chi connectivity index (χ3n) is 6.14. The summed E-state index contributed by atoms with van der Waals surface area (Å²) in [4.78, 5) is 26.0. The van der Waals surface area contributed by atoms with E-state index in [4.69, 9.17) is 9.47 Å². The van der Waals surface area contributed by atoms with Crippen molar-refractivity contribution in [3.63, 3.8) is 0 Å². The van der Waals surface area contributed by atoms with Crippen LogP contribution in [0, 0.1) is 5.41 Å². The van der Waals surface area contributed by atoms with Crippen LogP contribution in [-0.2, 0) is 14.3 Å². The number of carbonyl (C=O) groups excluding carboxylic acids is 2. The number of halogens is 2. The summed E-state index contributed by atoms with van der Waals surface area (Å²) in [6.45, 7) is 9.69. The number of piperidine rings is 1. The van der Waals surface area contributed by atoms with Crippen LogP contribution >= 0.6 is 0 Å². The van der Waals surface area contributed by atoms with Crippen LogP contribution in [0.4, 0.5) is 13.6 Å². The van der Waals surface area contributed by atoms with Crippen molar-refractivity contribution in [2.45, 2.75) is 70.8 Å². The molecular weight excluding hydrogens is 392 g/mol. The molecule has 1 amide bonds. The predicted octanol–water partition coefficient (Wildman–Crippen LogP) is 5.10. The van der Waals surface area contributed by atoms with Gasteiger partial charge in [0, 0.05) is 13.1 Å². The molecule has 5 nitrogen and oxygen atoms in total. The molecule has 0 radical (unpaired) electrons. The van der Waals surface area contributed by atoms with E-state index >= 15 is 0 Å². The minimum atomic E-state index is -3.11. The molecule has 1 saturated heterocycles. The van der Waals surface area contributed by atoms with Crippen molar-refractivity contribution in [1.82, 2.24) is 4.90 Å². The smallest absolute Gasteiger partial charge is 0.410 e. The Balaban J connectivity index is 1.62. The largest absolute Gasteiger partial charge is 0.465 e. The van der Waals surface area contributed by atoms with E-state index in [-0.39, 0.29) is 18.6 Å². The average Bonchev–Trinajstić information content (AvgIpc) is 3.14. The maximum absolute atomic E-state index is 14.4. The van der Waals surface area contributed by atoms with E-state index in [9.17, 15) is 18.4 Å². The van der Waals surface area contributed by atoms with Crippen LogP contribution < -0.4 is 0 Å². The van der Waals surface area contributed by atoms with Crippen molar-refractivity contribution in [3.8, 4) is 0 Å². The van der Waals surface area contributed by atoms with Crippen molar-refractivity contribution >= 4 is 12.1 Å². The highest BCUT2D eigenvalue weighted by Gasteiger charge is 2.83. The number of nitrogens with zero attached hydrogens (tertiary/aromatic N) is 1. The number of benzene rings is 1. The van der Waals surface area contributed by atoms with E-state index in [0.717, 1.165) is 18.4 Å². The minimum Gasteiger partial charge on any atom is -0.465 e. The zero-order valence-corrected chi connectivity index (χ0v) is 18.3. The normalized spacial score (nSPS) is 26.2. The Morgan fingerprint density at radius 2 is 1.63 bits per heavy atom. The van der Waals surface area contributed by atoms with Gasteiger partial charge >= 0.3 is 12.1 Å². The third kappa shape index (κ3) is 4.03. The van der Waals surface area contributed by atoms with E-state index in [0.29, 0.717) is 18.7 Å². The molecule has 0 N–H and O–H groups in total. The van der Waals surface area contributed by atoms with Crippen LogP contribution in [0.2, 0.25) is 0 Å². The number of rotatable bonds is 4. The van der Waals surface area contributed by atoms with Crippen LogP contribution in [-0.4, -0.2) is 48.2 Å². The first kappa shape index (κ1) is 22.5. The van der Waals surface area contributed by atoms with Gasteiger partial charge in [-0.05, 0) is 64.5 Å². The SMILES string of the molecule is CCOC(=O)[C@]1(C)[C@@H](c2ccc(C3CCN(C(=O)OC(C)(C)C)CC3)cc2)C1(F)F. The third-order valence-corrected chi connectivity index (χ3v) is 6.14. The molecule has 2 atom stereocenters. The zero-order valence-electron chi connectivity index (χ0n) is 18.3. The summed E-state index contributed by atoms with van der Waals surface area (Å²) in [5.41, 5.74) is -0.814. The van der Waals surface area contributed by atoms with Gasteiger partial charge in [0.25, 0.3) is 5.92 Å². The highest BCUT2D eigenvalue weighted by atomic mass is 19.3. The van der Waals surface area contributed by atoms with Crippen molar-refractivity contribution in [2.24, 2.45) is 5.41 Å². The summed E-state index contributed by atoms with van der Waals surface area (Å²) in [6, 6.07) is 7.11. The van der Waals surface area contributed by atoms with Gasteiger partial charge in [-0.15, -0.1) is 0 Å². The van der Waals surface area contributed by atoms with Gasteiger partial charge in [0.1, 0.15) is 11.0 Å². The predicted molar refractivity (Wildman–Crippen MR) is 109 cm³/mol. The van der Waals surface area contributed by atoms with E-state index in [1.54, 1.807) is 24.0 Å². The monoisotopic (exact) mass is 423 g/mol. The molecule has 1 aromatic carbocycles. The molecule has 2 aliphatic rings. The Kier molecular flexibility index (Phi) is 5.87. The van der Waals surface area contributed by atoms with Gasteiger partial charge in [-0.3, -0.25) is 4.79 Å². The Labute approximate surface area is 176 Å². The van der Waals surface area contributed by atoms with E-state index < -0.39 is 28.8 Å². The number of hydrogen-bond donors (Lipinski definition) is 0. The van der Waals surface area contributed by atoms with Crippen LogP contribution in [0.3, 0.4) is 0 Å². The average molecular weight is 424 g/mol. The molecule has 0 unspecified atom stereocenters. The number of hydrogen-bond acceptors (Lipinski definition) is 4. The molecule has 7 heteroatoms. The number of likely N-dealkylation sites (tertiary alicyclic amines) is 1. The van der Waals surface area contributed by atoms with E-state index in [1.807, 2.05) is 32.9 Å². The molecule has 1 saturated carbocycles. The van der Waals surface area contributed by atoms with Crippen LogP contribution in [0.1, 0.15) is 70.4 Å². The summed E-state index contributed by atoms with van der Waals surface area (Å²) in [5, 5.41) is 0. The summed E-state index contributed by atoms with van der Waals surface area (Å²) in [6.07, 6.45) is 1.28. The number of amides is 1. The van der Waals surface area contributed by atoms with Gasteiger partial charge in [0.15, 0.2) is 0 Å². The molecule has 3 rings (SSSR count).